The first-order valence-electron chi connectivity index (χ1n) is 5.67. The molecule has 80 valence electrons. The molecule has 0 saturated heterocycles. The Hall–Kier alpha value is -1.60. The normalized spacial score (nSPS) is 18.4. The van der Waals surface area contributed by atoms with E-state index in [4.69, 9.17) is 0 Å². The minimum atomic E-state index is -0.361. The highest BCUT2D eigenvalue weighted by atomic mass is 16.3. The number of hydrogen-bond donors (Lipinski definition) is 1. The molecule has 2 aromatic carbocycles. The summed E-state index contributed by atoms with van der Waals surface area (Å²) in [4.78, 5) is 0. The van der Waals surface area contributed by atoms with Crippen LogP contribution in [0.2, 0.25) is 0 Å². The number of benzene rings is 2. The van der Waals surface area contributed by atoms with Crippen LogP contribution in [0.1, 0.15) is 28.4 Å². The van der Waals surface area contributed by atoms with Crippen LogP contribution in [0, 0.1) is 0 Å². The molecule has 16 heavy (non-hydrogen) atoms. The highest BCUT2D eigenvalue weighted by Gasteiger charge is 2.18. The largest absolute Gasteiger partial charge is 0.388 e. The van der Waals surface area contributed by atoms with Gasteiger partial charge in [-0.2, -0.15) is 0 Å². The van der Waals surface area contributed by atoms with E-state index in [2.05, 4.69) is 24.3 Å². The van der Waals surface area contributed by atoms with Gasteiger partial charge in [-0.3, -0.25) is 0 Å². The number of hydrogen-bond acceptors (Lipinski definition) is 1. The Morgan fingerprint density at radius 1 is 0.812 bits per heavy atom. The van der Waals surface area contributed by atoms with E-state index in [1.54, 1.807) is 0 Å². The molecule has 0 fully saturated rings. The van der Waals surface area contributed by atoms with Crippen LogP contribution < -0.4 is 0 Å². The highest BCUT2D eigenvalue weighted by molar-refractivity contribution is 5.41. The van der Waals surface area contributed by atoms with Crippen molar-refractivity contribution in [1.29, 1.82) is 0 Å². The highest BCUT2D eigenvalue weighted by Crippen LogP contribution is 2.29. The van der Waals surface area contributed by atoms with Crippen LogP contribution in [0.15, 0.2) is 48.5 Å². The van der Waals surface area contributed by atoms with Crippen molar-refractivity contribution in [3.05, 3.63) is 70.8 Å². The lowest BCUT2D eigenvalue weighted by Crippen LogP contribution is -2.01. The topological polar surface area (TPSA) is 20.2 Å². The lowest BCUT2D eigenvalue weighted by atomic mass is 10.0. The fourth-order valence-corrected chi connectivity index (χ4v) is 2.47. The standard InChI is InChI=1S/C15H14O/c16-15-10-12-6-2-1-5-11(12)9-13-7-3-4-8-14(13)15/h1-8,15-16H,9-10H2/t15-/m0/s1. The van der Waals surface area contributed by atoms with Crippen LogP contribution in [0.25, 0.3) is 0 Å². The van der Waals surface area contributed by atoms with Crippen LogP contribution in [-0.2, 0) is 12.8 Å². The molecule has 0 aliphatic heterocycles. The Labute approximate surface area is 95.4 Å². The van der Waals surface area contributed by atoms with Crippen LogP contribution in [-0.4, -0.2) is 5.11 Å². The van der Waals surface area contributed by atoms with Gasteiger partial charge >= 0.3 is 0 Å². The maximum Gasteiger partial charge on any atom is 0.0833 e. The van der Waals surface area contributed by atoms with Crippen LogP contribution >= 0.6 is 0 Å². The van der Waals surface area contributed by atoms with E-state index in [0.29, 0.717) is 0 Å². The molecular formula is C15H14O. The van der Waals surface area contributed by atoms with Crippen LogP contribution in [0.4, 0.5) is 0 Å². The maximum atomic E-state index is 10.2. The molecule has 1 heteroatoms. The Balaban J connectivity index is 2.15. The van der Waals surface area contributed by atoms with E-state index in [1.807, 2.05) is 24.3 Å². The van der Waals surface area contributed by atoms with Crippen molar-refractivity contribution in [2.24, 2.45) is 0 Å². The molecule has 1 aliphatic carbocycles. The van der Waals surface area contributed by atoms with Crippen molar-refractivity contribution in [2.75, 3.05) is 0 Å². The van der Waals surface area contributed by atoms with Gasteiger partial charge in [0.15, 0.2) is 0 Å². The quantitative estimate of drug-likeness (QED) is 0.709. The van der Waals surface area contributed by atoms with E-state index < -0.39 is 0 Å². The number of aliphatic hydroxyl groups is 1. The van der Waals surface area contributed by atoms with Crippen molar-refractivity contribution in [3.8, 4) is 0 Å². The number of fused-ring (bicyclic) bond motifs is 2. The summed E-state index contributed by atoms with van der Waals surface area (Å²) >= 11 is 0. The minimum Gasteiger partial charge on any atom is -0.388 e. The third-order valence-corrected chi connectivity index (χ3v) is 3.33. The first-order valence-corrected chi connectivity index (χ1v) is 5.67. The summed E-state index contributed by atoms with van der Waals surface area (Å²) in [6.45, 7) is 0. The summed E-state index contributed by atoms with van der Waals surface area (Å²) in [6.07, 6.45) is 1.30. The summed E-state index contributed by atoms with van der Waals surface area (Å²) in [6, 6.07) is 16.6. The maximum absolute atomic E-state index is 10.2. The Kier molecular flexibility index (Phi) is 2.26. The molecule has 0 spiro atoms. The molecule has 1 nitrogen and oxygen atoms in total. The molecule has 0 bridgehead atoms. The summed E-state index contributed by atoms with van der Waals surface area (Å²) in [7, 11) is 0. The second-order valence-corrected chi connectivity index (χ2v) is 4.36. The Morgan fingerprint density at radius 3 is 2.25 bits per heavy atom. The van der Waals surface area contributed by atoms with E-state index >= 15 is 0 Å². The molecule has 0 radical (unpaired) electrons. The van der Waals surface area contributed by atoms with Crippen LogP contribution in [0.3, 0.4) is 0 Å². The number of rotatable bonds is 0. The molecule has 0 aromatic heterocycles. The van der Waals surface area contributed by atoms with E-state index in [1.165, 1.54) is 16.7 Å². The summed E-state index contributed by atoms with van der Waals surface area (Å²) in [5.41, 5.74) is 4.94. The fourth-order valence-electron chi connectivity index (χ4n) is 2.47. The zero-order valence-corrected chi connectivity index (χ0v) is 9.06. The Bertz CT molecular complexity index is 516. The zero-order valence-electron chi connectivity index (χ0n) is 9.06. The average Bonchev–Trinajstić information content (AvgIpc) is 2.45. The smallest absolute Gasteiger partial charge is 0.0833 e. The van der Waals surface area contributed by atoms with Gasteiger partial charge in [0.1, 0.15) is 0 Å². The van der Waals surface area contributed by atoms with Gasteiger partial charge in [-0.15, -0.1) is 0 Å². The summed E-state index contributed by atoms with van der Waals surface area (Å²) in [5.74, 6) is 0. The second-order valence-electron chi connectivity index (χ2n) is 4.36. The lowest BCUT2D eigenvalue weighted by Gasteiger charge is -2.10. The predicted molar refractivity (Wildman–Crippen MR) is 64.4 cm³/mol. The van der Waals surface area contributed by atoms with Gasteiger partial charge < -0.3 is 5.11 Å². The van der Waals surface area contributed by atoms with Gasteiger partial charge in [-0.05, 0) is 28.7 Å². The molecule has 1 N–H and O–H groups in total. The minimum absolute atomic E-state index is 0.361. The molecule has 0 saturated carbocycles. The van der Waals surface area contributed by atoms with Gasteiger partial charge in [0.05, 0.1) is 6.10 Å². The lowest BCUT2D eigenvalue weighted by molar-refractivity contribution is 0.178. The van der Waals surface area contributed by atoms with Crippen molar-refractivity contribution in [2.45, 2.75) is 18.9 Å². The third-order valence-electron chi connectivity index (χ3n) is 3.33. The first-order chi connectivity index (χ1) is 7.84. The second kappa shape index (κ2) is 3.76. The monoisotopic (exact) mass is 210 g/mol. The predicted octanol–water partition coefficient (Wildman–Crippen LogP) is 2.87. The van der Waals surface area contributed by atoms with Gasteiger partial charge in [0.25, 0.3) is 0 Å². The van der Waals surface area contributed by atoms with Crippen molar-refractivity contribution in [3.63, 3.8) is 0 Å². The molecule has 0 amide bonds. The zero-order chi connectivity index (χ0) is 11.0. The number of aliphatic hydroxyl groups excluding tert-OH is 1. The molecule has 0 heterocycles. The summed E-state index contributed by atoms with van der Waals surface area (Å²) < 4.78 is 0. The van der Waals surface area contributed by atoms with Gasteiger partial charge in [0.2, 0.25) is 0 Å². The molecule has 1 aliphatic rings. The molecule has 0 unspecified atom stereocenters. The van der Waals surface area contributed by atoms with Gasteiger partial charge in [-0.1, -0.05) is 48.5 Å². The van der Waals surface area contributed by atoms with Gasteiger partial charge in [-0.25, -0.2) is 0 Å². The average molecular weight is 210 g/mol. The molecular weight excluding hydrogens is 196 g/mol. The summed E-state index contributed by atoms with van der Waals surface area (Å²) in [5, 5.41) is 10.2. The van der Waals surface area contributed by atoms with Crippen LogP contribution in [0.5, 0.6) is 0 Å². The SMILES string of the molecule is O[C@H]1Cc2ccccc2Cc2ccccc21. The Morgan fingerprint density at radius 2 is 1.44 bits per heavy atom. The van der Waals surface area contributed by atoms with E-state index in [9.17, 15) is 5.11 Å². The van der Waals surface area contributed by atoms with Crippen molar-refractivity contribution >= 4 is 0 Å². The van der Waals surface area contributed by atoms with E-state index in [0.717, 1.165) is 18.4 Å². The fraction of sp³-hybridized carbons (Fsp3) is 0.200. The van der Waals surface area contributed by atoms with E-state index in [-0.39, 0.29) is 6.10 Å². The molecule has 3 rings (SSSR count). The molecule has 1 atom stereocenters. The molecule has 2 aromatic rings. The first kappa shape index (κ1) is 9.61. The van der Waals surface area contributed by atoms with Gasteiger partial charge in [0, 0.05) is 6.42 Å². The third kappa shape index (κ3) is 1.54. The van der Waals surface area contributed by atoms with Crippen molar-refractivity contribution in [1.82, 2.24) is 0 Å². The van der Waals surface area contributed by atoms with Crippen molar-refractivity contribution < 1.29 is 5.11 Å².